The van der Waals surface area contributed by atoms with Crippen LogP contribution in [-0.4, -0.2) is 41.5 Å². The first kappa shape index (κ1) is 14.2. The standard InChI is InChI=1S/C15H17N3O2S2/c19-15(17-11-8-18-5-3-10(11)4-6-18)12-1-2-13(22-12)20-14-7-16-9-21-14/h1-2,7,9-11H,3-6,8H2,(H,17,19). The monoisotopic (exact) mass is 335 g/mol. The van der Waals surface area contributed by atoms with Gasteiger partial charge in [-0.2, -0.15) is 0 Å². The van der Waals surface area contributed by atoms with Crippen molar-refractivity contribution < 1.29 is 9.53 Å². The Labute approximate surface area is 136 Å². The molecule has 116 valence electrons. The van der Waals surface area contributed by atoms with Gasteiger partial charge in [-0.25, -0.2) is 4.98 Å². The molecular weight excluding hydrogens is 318 g/mol. The van der Waals surface area contributed by atoms with Crippen LogP contribution in [-0.2, 0) is 0 Å². The minimum Gasteiger partial charge on any atom is -0.434 e. The van der Waals surface area contributed by atoms with Crippen LogP contribution in [0.3, 0.4) is 0 Å². The molecular formula is C15H17N3O2S2. The predicted molar refractivity (Wildman–Crippen MR) is 86.9 cm³/mol. The van der Waals surface area contributed by atoms with Crippen molar-refractivity contribution in [1.82, 2.24) is 15.2 Å². The lowest BCUT2D eigenvalue weighted by atomic mass is 9.84. The molecule has 0 radical (unpaired) electrons. The molecule has 3 aliphatic heterocycles. The summed E-state index contributed by atoms with van der Waals surface area (Å²) in [6.07, 6.45) is 4.08. The number of thiophene rings is 1. The maximum atomic E-state index is 12.4. The van der Waals surface area contributed by atoms with Crippen LogP contribution in [0.2, 0.25) is 0 Å². The Morgan fingerprint density at radius 3 is 2.86 bits per heavy atom. The average Bonchev–Trinajstić information content (AvgIpc) is 3.21. The largest absolute Gasteiger partial charge is 0.434 e. The van der Waals surface area contributed by atoms with Gasteiger partial charge in [0, 0.05) is 12.6 Å². The number of amides is 1. The number of nitrogens with one attached hydrogen (secondary N) is 1. The Balaban J connectivity index is 1.39. The van der Waals surface area contributed by atoms with Crippen molar-refractivity contribution in [2.24, 2.45) is 5.92 Å². The lowest BCUT2D eigenvalue weighted by Crippen LogP contribution is -2.57. The van der Waals surface area contributed by atoms with E-state index in [1.54, 1.807) is 11.7 Å². The van der Waals surface area contributed by atoms with Crippen molar-refractivity contribution in [2.75, 3.05) is 19.6 Å². The normalized spacial score (nSPS) is 26.8. The average molecular weight is 335 g/mol. The van der Waals surface area contributed by atoms with Crippen LogP contribution in [0.4, 0.5) is 0 Å². The fourth-order valence-corrected chi connectivity index (χ4v) is 4.53. The number of fused-ring (bicyclic) bond motifs is 3. The summed E-state index contributed by atoms with van der Waals surface area (Å²) in [6, 6.07) is 3.97. The van der Waals surface area contributed by atoms with Crippen LogP contribution in [0.5, 0.6) is 10.1 Å². The molecule has 0 spiro atoms. The van der Waals surface area contributed by atoms with Crippen molar-refractivity contribution in [3.05, 3.63) is 28.7 Å². The molecule has 2 aromatic heterocycles. The second-order valence-electron chi connectivity index (χ2n) is 5.76. The number of rotatable bonds is 4. The van der Waals surface area contributed by atoms with Crippen LogP contribution in [0.1, 0.15) is 22.5 Å². The number of thiazole rings is 1. The zero-order chi connectivity index (χ0) is 14.9. The van der Waals surface area contributed by atoms with E-state index in [2.05, 4.69) is 15.2 Å². The van der Waals surface area contributed by atoms with Gasteiger partial charge >= 0.3 is 0 Å². The number of aromatic nitrogens is 1. The zero-order valence-corrected chi connectivity index (χ0v) is 13.7. The predicted octanol–water partition coefficient (Wildman–Crippen LogP) is 2.82. The Hall–Kier alpha value is -1.44. The Morgan fingerprint density at radius 2 is 2.18 bits per heavy atom. The first-order chi connectivity index (χ1) is 10.8. The Bertz CT molecular complexity index is 648. The molecule has 1 atom stereocenters. The summed E-state index contributed by atoms with van der Waals surface area (Å²) in [5.41, 5.74) is 1.73. The van der Waals surface area contributed by atoms with E-state index in [1.807, 2.05) is 12.1 Å². The molecule has 3 aliphatic rings. The molecule has 0 aromatic carbocycles. The van der Waals surface area contributed by atoms with Crippen LogP contribution in [0, 0.1) is 5.92 Å². The van der Waals surface area contributed by atoms with Crippen molar-refractivity contribution in [1.29, 1.82) is 0 Å². The number of hydrogen-bond donors (Lipinski definition) is 1. The molecule has 3 saturated heterocycles. The summed E-state index contributed by atoms with van der Waals surface area (Å²) in [5, 5.41) is 4.67. The molecule has 1 amide bonds. The summed E-state index contributed by atoms with van der Waals surface area (Å²) in [6.45, 7) is 3.36. The minimum absolute atomic E-state index is 0.0166. The van der Waals surface area contributed by atoms with Crippen LogP contribution >= 0.6 is 22.7 Å². The van der Waals surface area contributed by atoms with Gasteiger partial charge in [-0.1, -0.05) is 22.7 Å². The number of carbonyl (C=O) groups excluding carboxylic acids is 1. The van der Waals surface area contributed by atoms with Crippen molar-refractivity contribution >= 4 is 28.6 Å². The third-order valence-electron chi connectivity index (χ3n) is 4.39. The van der Waals surface area contributed by atoms with Crippen molar-refractivity contribution in [2.45, 2.75) is 18.9 Å². The van der Waals surface area contributed by atoms with Crippen molar-refractivity contribution in [3.8, 4) is 10.1 Å². The highest BCUT2D eigenvalue weighted by atomic mass is 32.1. The van der Waals surface area contributed by atoms with E-state index in [9.17, 15) is 4.79 Å². The third-order valence-corrected chi connectivity index (χ3v) is 6.00. The topological polar surface area (TPSA) is 54.5 Å². The van der Waals surface area contributed by atoms with Gasteiger partial charge < -0.3 is 15.0 Å². The molecule has 7 heteroatoms. The van der Waals surface area contributed by atoms with Gasteiger partial charge in [0.15, 0.2) is 5.06 Å². The van der Waals surface area contributed by atoms with Gasteiger partial charge in [0.25, 0.3) is 5.91 Å². The van der Waals surface area contributed by atoms with E-state index in [0.717, 1.165) is 16.7 Å². The number of hydrogen-bond acceptors (Lipinski definition) is 6. The molecule has 0 aliphatic carbocycles. The molecule has 5 nitrogen and oxygen atoms in total. The fourth-order valence-electron chi connectivity index (χ4n) is 3.22. The van der Waals surface area contributed by atoms with Gasteiger partial charge in [-0.05, 0) is 44.0 Å². The highest BCUT2D eigenvalue weighted by Crippen LogP contribution is 2.32. The number of carbonyl (C=O) groups is 1. The number of ether oxygens (including phenoxy) is 1. The van der Waals surface area contributed by atoms with Gasteiger partial charge in [0.1, 0.15) is 0 Å². The summed E-state index contributed by atoms with van der Waals surface area (Å²) in [7, 11) is 0. The maximum absolute atomic E-state index is 12.4. The second-order valence-corrected chi connectivity index (χ2v) is 7.65. The molecule has 22 heavy (non-hydrogen) atoms. The number of nitrogens with zero attached hydrogens (tertiary/aromatic N) is 2. The molecule has 5 heterocycles. The summed E-state index contributed by atoms with van der Waals surface area (Å²) in [4.78, 5) is 19.5. The van der Waals surface area contributed by atoms with Gasteiger partial charge in [-0.15, -0.1) is 0 Å². The van der Waals surface area contributed by atoms with Gasteiger partial charge in [0.05, 0.1) is 16.6 Å². The molecule has 0 saturated carbocycles. The van der Waals surface area contributed by atoms with Gasteiger partial charge in [0.2, 0.25) is 5.06 Å². The van der Waals surface area contributed by atoms with E-state index < -0.39 is 0 Å². The summed E-state index contributed by atoms with van der Waals surface area (Å²) >= 11 is 2.82. The van der Waals surface area contributed by atoms with E-state index >= 15 is 0 Å². The number of piperidine rings is 3. The minimum atomic E-state index is 0.0166. The van der Waals surface area contributed by atoms with Gasteiger partial charge in [-0.3, -0.25) is 4.79 Å². The second kappa shape index (κ2) is 5.98. The third kappa shape index (κ3) is 2.88. The molecule has 2 aromatic rings. The van der Waals surface area contributed by atoms with E-state index in [1.165, 1.54) is 48.6 Å². The molecule has 3 fully saturated rings. The SMILES string of the molecule is O=C(NC1CN2CCC1CC2)c1ccc(Oc2cncs2)s1. The molecule has 1 N–H and O–H groups in total. The zero-order valence-electron chi connectivity index (χ0n) is 12.0. The first-order valence-corrected chi connectivity index (χ1v) is 9.17. The molecule has 5 rings (SSSR count). The molecule has 1 unspecified atom stereocenters. The van der Waals surface area contributed by atoms with E-state index in [0.29, 0.717) is 16.8 Å². The highest BCUT2D eigenvalue weighted by molar-refractivity contribution is 7.16. The lowest BCUT2D eigenvalue weighted by molar-refractivity contribution is 0.0622. The van der Waals surface area contributed by atoms with Crippen molar-refractivity contribution in [3.63, 3.8) is 0 Å². The quantitative estimate of drug-likeness (QED) is 0.933. The van der Waals surface area contributed by atoms with Crippen LogP contribution < -0.4 is 10.1 Å². The van der Waals surface area contributed by atoms with Crippen LogP contribution in [0.25, 0.3) is 0 Å². The Morgan fingerprint density at radius 1 is 1.32 bits per heavy atom. The highest BCUT2D eigenvalue weighted by Gasteiger charge is 2.35. The van der Waals surface area contributed by atoms with E-state index in [4.69, 9.17) is 4.74 Å². The lowest BCUT2D eigenvalue weighted by Gasteiger charge is -2.44. The van der Waals surface area contributed by atoms with E-state index in [-0.39, 0.29) is 5.91 Å². The summed E-state index contributed by atoms with van der Waals surface area (Å²) < 4.78 is 5.67. The molecule has 2 bridgehead atoms. The maximum Gasteiger partial charge on any atom is 0.261 e. The summed E-state index contributed by atoms with van der Waals surface area (Å²) in [5.74, 6) is 0.657. The fraction of sp³-hybridized carbons (Fsp3) is 0.467. The Kier molecular flexibility index (Phi) is 3.85. The smallest absolute Gasteiger partial charge is 0.261 e. The first-order valence-electron chi connectivity index (χ1n) is 7.47. The van der Waals surface area contributed by atoms with Crippen LogP contribution in [0.15, 0.2) is 23.8 Å².